The maximum Gasteiger partial charge on any atom is 0.261 e. The molecule has 0 radical (unpaired) electrons. The summed E-state index contributed by atoms with van der Waals surface area (Å²) < 4.78 is 1.29. The number of aromatic hydroxyl groups is 1. The third-order valence-electron chi connectivity index (χ3n) is 5.18. The van der Waals surface area contributed by atoms with E-state index in [1.807, 2.05) is 26.0 Å². The van der Waals surface area contributed by atoms with Crippen molar-refractivity contribution in [3.63, 3.8) is 0 Å². The number of phenols is 1. The number of carbonyl (C=O) groups is 1. The SMILES string of the molecule is CSc1sc(C(=O)NCc2cc(C)c(O)c(C)c2)c2c1CC(C)(C)CC2. The van der Waals surface area contributed by atoms with Crippen molar-refractivity contribution in [3.8, 4) is 5.75 Å². The summed E-state index contributed by atoms with van der Waals surface area (Å²) >= 11 is 3.39. The van der Waals surface area contributed by atoms with Gasteiger partial charge in [-0.25, -0.2) is 0 Å². The Kier molecular flexibility index (Phi) is 5.40. The van der Waals surface area contributed by atoms with E-state index in [0.29, 0.717) is 17.7 Å². The smallest absolute Gasteiger partial charge is 0.261 e. The number of carbonyl (C=O) groups excluding carboxylic acids is 1. The van der Waals surface area contributed by atoms with E-state index in [-0.39, 0.29) is 5.91 Å². The highest BCUT2D eigenvalue weighted by atomic mass is 32.2. The number of aryl methyl sites for hydroxylation is 2. The van der Waals surface area contributed by atoms with Crippen LogP contribution in [0.4, 0.5) is 0 Å². The van der Waals surface area contributed by atoms with Crippen LogP contribution in [0, 0.1) is 19.3 Å². The van der Waals surface area contributed by atoms with Crippen molar-refractivity contribution in [1.82, 2.24) is 5.32 Å². The number of thiophene rings is 1. The fraction of sp³-hybridized carbons (Fsp3) is 0.476. The molecule has 0 spiro atoms. The molecule has 2 aromatic rings. The van der Waals surface area contributed by atoms with Crippen LogP contribution in [-0.2, 0) is 19.4 Å². The average Bonchev–Trinajstić information content (AvgIpc) is 2.94. The summed E-state index contributed by atoms with van der Waals surface area (Å²) in [6.45, 7) is 8.87. The third-order valence-corrected chi connectivity index (χ3v) is 7.62. The third kappa shape index (κ3) is 3.79. The maximum atomic E-state index is 12.9. The lowest BCUT2D eigenvalue weighted by Crippen LogP contribution is -2.26. The minimum atomic E-state index is 0.0228. The number of phenolic OH excluding ortho intramolecular Hbond substituents is 1. The lowest BCUT2D eigenvalue weighted by atomic mass is 9.75. The number of benzene rings is 1. The number of hydrogen-bond donors (Lipinski definition) is 2. The Bertz CT molecular complexity index is 829. The molecule has 0 saturated carbocycles. The Morgan fingerprint density at radius 1 is 1.27 bits per heavy atom. The van der Waals surface area contributed by atoms with Crippen molar-refractivity contribution < 1.29 is 9.90 Å². The number of nitrogens with one attached hydrogen (secondary N) is 1. The molecular formula is C21H27NO2S2. The fourth-order valence-corrected chi connectivity index (χ4v) is 5.75. The summed E-state index contributed by atoms with van der Waals surface area (Å²) in [5.74, 6) is 0.356. The van der Waals surface area contributed by atoms with Gasteiger partial charge < -0.3 is 10.4 Å². The fourth-order valence-electron chi connectivity index (χ4n) is 3.71. The van der Waals surface area contributed by atoms with Gasteiger partial charge in [0.15, 0.2) is 0 Å². The van der Waals surface area contributed by atoms with Gasteiger partial charge in [0.05, 0.1) is 9.09 Å². The molecule has 0 unspecified atom stereocenters. The van der Waals surface area contributed by atoms with E-state index in [9.17, 15) is 9.90 Å². The van der Waals surface area contributed by atoms with Crippen LogP contribution in [0.15, 0.2) is 16.3 Å². The molecule has 0 saturated heterocycles. The molecule has 0 bridgehead atoms. The molecule has 1 aliphatic rings. The Morgan fingerprint density at radius 2 is 1.92 bits per heavy atom. The first-order chi connectivity index (χ1) is 12.2. The minimum Gasteiger partial charge on any atom is -0.507 e. The van der Waals surface area contributed by atoms with Gasteiger partial charge in [-0.15, -0.1) is 23.1 Å². The molecule has 3 nitrogen and oxygen atoms in total. The van der Waals surface area contributed by atoms with Crippen molar-refractivity contribution in [2.75, 3.05) is 6.26 Å². The maximum absolute atomic E-state index is 12.9. The molecule has 0 atom stereocenters. The molecule has 1 aliphatic carbocycles. The summed E-state index contributed by atoms with van der Waals surface area (Å²) in [6, 6.07) is 3.87. The molecule has 1 aromatic heterocycles. The van der Waals surface area contributed by atoms with Crippen LogP contribution in [0.1, 0.15) is 57.8 Å². The molecule has 5 heteroatoms. The normalized spacial score (nSPS) is 15.6. The van der Waals surface area contributed by atoms with Crippen LogP contribution in [0.2, 0.25) is 0 Å². The first-order valence-electron chi connectivity index (χ1n) is 8.97. The van der Waals surface area contributed by atoms with Crippen LogP contribution in [0.25, 0.3) is 0 Å². The first kappa shape index (κ1) is 19.3. The highest BCUT2D eigenvalue weighted by Gasteiger charge is 2.32. The molecule has 2 N–H and O–H groups in total. The largest absolute Gasteiger partial charge is 0.507 e. The van der Waals surface area contributed by atoms with Gasteiger partial charge in [0.25, 0.3) is 5.91 Å². The summed E-state index contributed by atoms with van der Waals surface area (Å²) in [5.41, 5.74) is 5.66. The predicted molar refractivity (Wildman–Crippen MR) is 111 cm³/mol. The van der Waals surface area contributed by atoms with Crippen LogP contribution in [-0.4, -0.2) is 17.3 Å². The molecule has 140 valence electrons. The molecule has 0 fully saturated rings. The molecule has 1 aromatic carbocycles. The molecule has 1 amide bonds. The number of hydrogen-bond acceptors (Lipinski definition) is 4. The van der Waals surface area contributed by atoms with E-state index in [0.717, 1.165) is 40.8 Å². The Morgan fingerprint density at radius 3 is 2.54 bits per heavy atom. The van der Waals surface area contributed by atoms with Gasteiger partial charge in [-0.05, 0) is 72.6 Å². The first-order valence-corrected chi connectivity index (χ1v) is 11.0. The summed E-state index contributed by atoms with van der Waals surface area (Å²) in [6.07, 6.45) is 5.26. The van der Waals surface area contributed by atoms with E-state index < -0.39 is 0 Å². The van der Waals surface area contributed by atoms with Gasteiger partial charge in [-0.2, -0.15) is 0 Å². The van der Waals surface area contributed by atoms with Crippen molar-refractivity contribution in [2.45, 2.75) is 57.7 Å². The molecule has 1 heterocycles. The molecular weight excluding hydrogens is 362 g/mol. The topological polar surface area (TPSA) is 49.3 Å². The van der Waals surface area contributed by atoms with Crippen LogP contribution in [0.5, 0.6) is 5.75 Å². The van der Waals surface area contributed by atoms with E-state index in [1.165, 1.54) is 15.3 Å². The Labute approximate surface area is 164 Å². The quantitative estimate of drug-likeness (QED) is 0.703. The number of amides is 1. The van der Waals surface area contributed by atoms with Crippen LogP contribution < -0.4 is 5.32 Å². The predicted octanol–water partition coefficient (Wildman–Crippen LogP) is 5.24. The number of fused-ring (bicyclic) bond motifs is 1. The van der Waals surface area contributed by atoms with Crippen LogP contribution >= 0.6 is 23.1 Å². The van der Waals surface area contributed by atoms with Gasteiger partial charge in [-0.3, -0.25) is 4.79 Å². The Hall–Kier alpha value is -1.46. The molecule has 3 rings (SSSR count). The number of thioether (sulfide) groups is 1. The second kappa shape index (κ2) is 7.28. The van der Waals surface area contributed by atoms with Crippen molar-refractivity contribution in [1.29, 1.82) is 0 Å². The summed E-state index contributed by atoms with van der Waals surface area (Å²) in [4.78, 5) is 13.7. The van der Waals surface area contributed by atoms with Crippen molar-refractivity contribution in [3.05, 3.63) is 44.8 Å². The standard InChI is InChI=1S/C21H27NO2S2/c1-12-8-14(9-13(2)17(12)23)11-22-19(24)18-15-6-7-21(3,4)10-16(15)20(25-5)26-18/h8-9,23H,6-7,10-11H2,1-5H3,(H,22,24). The monoisotopic (exact) mass is 389 g/mol. The zero-order valence-corrected chi connectivity index (χ0v) is 17.8. The van der Waals surface area contributed by atoms with Gasteiger partial charge in [-0.1, -0.05) is 26.0 Å². The van der Waals surface area contributed by atoms with Crippen LogP contribution in [0.3, 0.4) is 0 Å². The van der Waals surface area contributed by atoms with E-state index in [1.54, 1.807) is 23.1 Å². The molecule has 26 heavy (non-hydrogen) atoms. The van der Waals surface area contributed by atoms with Crippen molar-refractivity contribution in [2.24, 2.45) is 5.41 Å². The van der Waals surface area contributed by atoms with E-state index in [2.05, 4.69) is 25.4 Å². The summed E-state index contributed by atoms with van der Waals surface area (Å²) in [7, 11) is 0. The zero-order chi connectivity index (χ0) is 19.1. The second-order valence-electron chi connectivity index (χ2n) is 7.98. The summed E-state index contributed by atoms with van der Waals surface area (Å²) in [5, 5.41) is 13.0. The zero-order valence-electron chi connectivity index (χ0n) is 16.2. The average molecular weight is 390 g/mol. The second-order valence-corrected chi connectivity index (χ2v) is 10.1. The minimum absolute atomic E-state index is 0.0228. The highest BCUT2D eigenvalue weighted by molar-refractivity contribution is 8.00. The van der Waals surface area contributed by atoms with Gasteiger partial charge in [0.1, 0.15) is 5.75 Å². The lowest BCUT2D eigenvalue weighted by molar-refractivity contribution is 0.0953. The van der Waals surface area contributed by atoms with E-state index >= 15 is 0 Å². The lowest BCUT2D eigenvalue weighted by Gasteiger charge is -2.30. The van der Waals surface area contributed by atoms with Crippen molar-refractivity contribution >= 4 is 29.0 Å². The van der Waals surface area contributed by atoms with Gasteiger partial charge in [0, 0.05) is 6.54 Å². The van der Waals surface area contributed by atoms with Gasteiger partial charge >= 0.3 is 0 Å². The van der Waals surface area contributed by atoms with Gasteiger partial charge in [0.2, 0.25) is 0 Å². The van der Waals surface area contributed by atoms with E-state index in [4.69, 9.17) is 0 Å². The highest BCUT2D eigenvalue weighted by Crippen LogP contribution is 2.44. The Balaban J connectivity index is 1.80. The number of rotatable bonds is 4. The molecule has 0 aliphatic heterocycles.